The highest BCUT2D eigenvalue weighted by molar-refractivity contribution is 5.91. The molecular weight excluding hydrogens is 420 g/mol. The standard InChI is InChI=1S/C19H18F4N6O2.3H2/c20-10-5-11-12(7-26-16(11)25-6-10)17-24-3-1-15(29-17)28-14-2-4-31-8-13(14)18(30)27-9-19(21,22)23;;;/h1,3,5-7,13-14H,2,4,8-9H2,(H,25,26)(H,27,30)(H,24,28,29);3*1H. The minimum atomic E-state index is -4.50. The molecule has 1 fully saturated rings. The van der Waals surface area contributed by atoms with Crippen LogP contribution in [-0.4, -0.2) is 57.8 Å². The molecule has 2 unspecified atom stereocenters. The van der Waals surface area contributed by atoms with Gasteiger partial charge in [0.2, 0.25) is 5.91 Å². The Kier molecular flexibility index (Phi) is 5.72. The SMILES string of the molecule is O=C(NCC(F)(F)F)C1COCCC1Nc1ccnc(-c2c[nH]c3ncc(F)cc23)n1.[HH].[HH].[HH]. The number of pyridine rings is 1. The maximum absolute atomic E-state index is 13.6. The van der Waals surface area contributed by atoms with E-state index in [4.69, 9.17) is 4.74 Å². The monoisotopic (exact) mass is 444 g/mol. The minimum absolute atomic E-state index is 0. The van der Waals surface area contributed by atoms with Crippen molar-refractivity contribution in [3.8, 4) is 11.4 Å². The molecular formula is C19H24F4N6O2. The second-order valence-corrected chi connectivity index (χ2v) is 7.07. The Morgan fingerprint density at radius 2 is 2.19 bits per heavy atom. The molecule has 0 saturated carbocycles. The summed E-state index contributed by atoms with van der Waals surface area (Å²) in [6.07, 6.45) is 0.109. The number of carbonyl (C=O) groups is 1. The number of aromatic nitrogens is 4. The van der Waals surface area contributed by atoms with Crippen molar-refractivity contribution in [1.82, 2.24) is 25.3 Å². The molecule has 170 valence electrons. The molecule has 31 heavy (non-hydrogen) atoms. The molecule has 1 aliphatic heterocycles. The quantitative estimate of drug-likeness (QED) is 0.521. The first-order valence-corrected chi connectivity index (χ1v) is 9.45. The van der Waals surface area contributed by atoms with Crippen LogP contribution in [0.25, 0.3) is 22.4 Å². The van der Waals surface area contributed by atoms with Gasteiger partial charge in [-0.1, -0.05) is 0 Å². The lowest BCUT2D eigenvalue weighted by Gasteiger charge is -2.31. The summed E-state index contributed by atoms with van der Waals surface area (Å²) in [5.41, 5.74) is 1.02. The Bertz CT molecular complexity index is 1100. The number of amides is 1. The summed E-state index contributed by atoms with van der Waals surface area (Å²) >= 11 is 0. The summed E-state index contributed by atoms with van der Waals surface area (Å²) in [5, 5.41) is 5.51. The third-order valence-corrected chi connectivity index (χ3v) is 4.88. The molecule has 12 heteroatoms. The van der Waals surface area contributed by atoms with Crippen molar-refractivity contribution in [2.24, 2.45) is 5.92 Å². The molecule has 0 aliphatic carbocycles. The number of carbonyl (C=O) groups excluding carboxylic acids is 1. The predicted octanol–water partition coefficient (Wildman–Crippen LogP) is 3.39. The van der Waals surface area contributed by atoms with Crippen LogP contribution in [0.2, 0.25) is 0 Å². The highest BCUT2D eigenvalue weighted by Crippen LogP contribution is 2.27. The zero-order valence-corrected chi connectivity index (χ0v) is 16.0. The van der Waals surface area contributed by atoms with Crippen LogP contribution in [0.4, 0.5) is 23.4 Å². The molecule has 0 bridgehead atoms. The van der Waals surface area contributed by atoms with E-state index < -0.39 is 36.4 Å². The number of ether oxygens (including phenoxy) is 1. The fourth-order valence-electron chi connectivity index (χ4n) is 3.41. The number of alkyl halides is 3. The number of hydrogen-bond donors (Lipinski definition) is 3. The highest BCUT2D eigenvalue weighted by Gasteiger charge is 2.35. The Labute approximate surface area is 177 Å². The topological polar surface area (TPSA) is 105 Å². The highest BCUT2D eigenvalue weighted by atomic mass is 19.4. The second kappa shape index (κ2) is 8.46. The van der Waals surface area contributed by atoms with Crippen LogP contribution >= 0.6 is 0 Å². The van der Waals surface area contributed by atoms with Crippen molar-refractivity contribution in [1.29, 1.82) is 0 Å². The van der Waals surface area contributed by atoms with Gasteiger partial charge in [0.05, 0.1) is 18.7 Å². The lowest BCUT2D eigenvalue weighted by atomic mass is 9.94. The maximum atomic E-state index is 13.6. The van der Waals surface area contributed by atoms with Gasteiger partial charge in [-0.15, -0.1) is 0 Å². The first-order chi connectivity index (χ1) is 14.8. The zero-order valence-electron chi connectivity index (χ0n) is 16.0. The molecule has 1 aliphatic rings. The van der Waals surface area contributed by atoms with Crippen LogP contribution in [0.15, 0.2) is 30.7 Å². The molecule has 4 rings (SSSR count). The van der Waals surface area contributed by atoms with Gasteiger partial charge in [0, 0.05) is 40.3 Å². The Balaban J connectivity index is 0.00000193. The van der Waals surface area contributed by atoms with E-state index in [0.29, 0.717) is 41.3 Å². The second-order valence-electron chi connectivity index (χ2n) is 7.07. The summed E-state index contributed by atoms with van der Waals surface area (Å²) in [6.45, 7) is -1.06. The number of nitrogens with one attached hydrogen (secondary N) is 3. The summed E-state index contributed by atoms with van der Waals surface area (Å²) in [7, 11) is 0. The van der Waals surface area contributed by atoms with Crippen molar-refractivity contribution < 1.29 is 31.4 Å². The first kappa shape index (κ1) is 21.0. The van der Waals surface area contributed by atoms with Crippen LogP contribution < -0.4 is 10.6 Å². The predicted molar refractivity (Wildman–Crippen MR) is 109 cm³/mol. The van der Waals surface area contributed by atoms with Crippen molar-refractivity contribution >= 4 is 22.8 Å². The third kappa shape index (κ3) is 4.90. The Hall–Kier alpha value is -3.28. The van der Waals surface area contributed by atoms with Crippen molar-refractivity contribution in [2.75, 3.05) is 25.1 Å². The van der Waals surface area contributed by atoms with E-state index in [-0.39, 0.29) is 10.9 Å². The molecule has 3 aromatic heterocycles. The van der Waals surface area contributed by atoms with Crippen LogP contribution in [0.3, 0.4) is 0 Å². The summed E-state index contributed by atoms with van der Waals surface area (Å²) in [5.74, 6) is -1.39. The molecule has 3 N–H and O–H groups in total. The molecule has 1 saturated heterocycles. The number of nitrogens with zero attached hydrogens (tertiary/aromatic N) is 3. The van der Waals surface area contributed by atoms with E-state index in [2.05, 4.69) is 25.3 Å². The fraction of sp³-hybridized carbons (Fsp3) is 0.368. The van der Waals surface area contributed by atoms with Gasteiger partial charge >= 0.3 is 6.18 Å². The molecule has 0 radical (unpaired) electrons. The smallest absolute Gasteiger partial charge is 0.380 e. The van der Waals surface area contributed by atoms with E-state index in [0.717, 1.165) is 6.20 Å². The lowest BCUT2D eigenvalue weighted by Crippen LogP contribution is -2.48. The zero-order chi connectivity index (χ0) is 22.0. The molecule has 0 aromatic carbocycles. The average Bonchev–Trinajstić information content (AvgIpc) is 3.15. The molecule has 2 atom stereocenters. The maximum Gasteiger partial charge on any atom is 0.405 e. The van der Waals surface area contributed by atoms with E-state index in [1.807, 2.05) is 5.32 Å². The van der Waals surface area contributed by atoms with E-state index in [9.17, 15) is 22.4 Å². The number of fused-ring (bicyclic) bond motifs is 1. The third-order valence-electron chi connectivity index (χ3n) is 4.88. The molecule has 3 aromatic rings. The van der Waals surface area contributed by atoms with Crippen molar-refractivity contribution in [3.05, 3.63) is 36.5 Å². The minimum Gasteiger partial charge on any atom is -0.380 e. The fourth-order valence-corrected chi connectivity index (χ4v) is 3.41. The summed E-state index contributed by atoms with van der Waals surface area (Å²) in [4.78, 5) is 27.8. The number of aromatic amines is 1. The summed E-state index contributed by atoms with van der Waals surface area (Å²) in [6, 6.07) is 2.42. The van der Waals surface area contributed by atoms with Gasteiger partial charge < -0.3 is 20.4 Å². The van der Waals surface area contributed by atoms with E-state index in [1.165, 1.54) is 12.3 Å². The van der Waals surface area contributed by atoms with Crippen molar-refractivity contribution in [3.63, 3.8) is 0 Å². The number of anilines is 1. The van der Waals surface area contributed by atoms with Gasteiger partial charge in [0.1, 0.15) is 23.8 Å². The normalized spacial score (nSPS) is 19.4. The van der Waals surface area contributed by atoms with E-state index >= 15 is 0 Å². The van der Waals surface area contributed by atoms with Gasteiger partial charge in [0.15, 0.2) is 5.82 Å². The van der Waals surface area contributed by atoms with Gasteiger partial charge in [-0.25, -0.2) is 19.3 Å². The van der Waals surface area contributed by atoms with Gasteiger partial charge in [0.25, 0.3) is 0 Å². The van der Waals surface area contributed by atoms with Crippen LogP contribution in [-0.2, 0) is 9.53 Å². The largest absolute Gasteiger partial charge is 0.405 e. The molecule has 0 spiro atoms. The number of H-pyrrole nitrogens is 1. The van der Waals surface area contributed by atoms with Crippen LogP contribution in [0.1, 0.15) is 10.7 Å². The van der Waals surface area contributed by atoms with Crippen LogP contribution in [0, 0.1) is 11.7 Å². The van der Waals surface area contributed by atoms with Crippen molar-refractivity contribution in [2.45, 2.75) is 18.6 Å². The van der Waals surface area contributed by atoms with E-state index in [1.54, 1.807) is 12.3 Å². The Morgan fingerprint density at radius 1 is 1.35 bits per heavy atom. The number of rotatable bonds is 5. The molecule has 1 amide bonds. The molecule has 4 heterocycles. The lowest BCUT2D eigenvalue weighted by molar-refractivity contribution is -0.143. The first-order valence-electron chi connectivity index (χ1n) is 9.45. The number of hydrogen-bond acceptors (Lipinski definition) is 6. The molecule has 8 nitrogen and oxygen atoms in total. The van der Waals surface area contributed by atoms with Gasteiger partial charge in [-0.3, -0.25) is 4.79 Å². The number of halogens is 4. The van der Waals surface area contributed by atoms with Gasteiger partial charge in [-0.2, -0.15) is 13.2 Å². The summed E-state index contributed by atoms with van der Waals surface area (Å²) < 4.78 is 56.2. The van der Waals surface area contributed by atoms with Gasteiger partial charge in [-0.05, 0) is 18.6 Å². The van der Waals surface area contributed by atoms with Crippen LogP contribution in [0.5, 0.6) is 0 Å². The Morgan fingerprint density at radius 3 is 3.00 bits per heavy atom. The average molecular weight is 444 g/mol.